The summed E-state index contributed by atoms with van der Waals surface area (Å²) in [6.45, 7) is 2.71. The molecule has 0 aliphatic carbocycles. The van der Waals surface area contributed by atoms with Crippen LogP contribution in [0.15, 0.2) is 10.9 Å². The number of thiazole rings is 2. The maximum absolute atomic E-state index is 5.52. The normalized spacial score (nSPS) is 10.7. The van der Waals surface area contributed by atoms with Gasteiger partial charge in [-0.05, 0) is 19.9 Å². The van der Waals surface area contributed by atoms with Crippen LogP contribution in [0, 0.1) is 6.92 Å². The summed E-state index contributed by atoms with van der Waals surface area (Å²) in [6, 6.07) is 0. The van der Waals surface area contributed by atoms with Crippen LogP contribution in [0.25, 0.3) is 10.7 Å². The first-order valence-electron chi connectivity index (χ1n) is 4.36. The molecule has 0 saturated heterocycles. The van der Waals surface area contributed by atoms with Gasteiger partial charge in [0.25, 0.3) is 0 Å². The van der Waals surface area contributed by atoms with Crippen LogP contribution in [0.5, 0.6) is 0 Å². The molecule has 2 aromatic heterocycles. The summed E-state index contributed by atoms with van der Waals surface area (Å²) >= 11 is 3.29. The Morgan fingerprint density at radius 3 is 3.00 bits per heavy atom. The van der Waals surface area contributed by atoms with Gasteiger partial charge in [0.15, 0.2) is 0 Å². The summed E-state index contributed by atoms with van der Waals surface area (Å²) in [7, 11) is 0. The minimum absolute atomic E-state index is 0.680. The standard InChI is InChI=1S/C9H11N3S2/c1-6-8(2-3-10)14-9(12-6)7-4-13-5-11-7/h4-5H,2-3,10H2,1H3. The van der Waals surface area contributed by atoms with E-state index in [0.717, 1.165) is 22.8 Å². The molecule has 0 fully saturated rings. The van der Waals surface area contributed by atoms with Crippen molar-refractivity contribution in [3.63, 3.8) is 0 Å². The molecule has 0 saturated carbocycles. The molecule has 3 nitrogen and oxygen atoms in total. The molecule has 0 unspecified atom stereocenters. The first-order chi connectivity index (χ1) is 6.81. The predicted octanol–water partition coefficient (Wildman–Crippen LogP) is 2.08. The number of nitrogens with zero attached hydrogens (tertiary/aromatic N) is 2. The lowest BCUT2D eigenvalue weighted by atomic mass is 10.3. The molecule has 0 bridgehead atoms. The molecule has 0 radical (unpaired) electrons. The highest BCUT2D eigenvalue weighted by atomic mass is 32.1. The van der Waals surface area contributed by atoms with Crippen molar-refractivity contribution in [2.24, 2.45) is 5.73 Å². The van der Waals surface area contributed by atoms with Crippen molar-refractivity contribution < 1.29 is 0 Å². The fourth-order valence-corrected chi connectivity index (χ4v) is 2.88. The van der Waals surface area contributed by atoms with Crippen LogP contribution in [0.1, 0.15) is 10.6 Å². The van der Waals surface area contributed by atoms with Crippen LogP contribution in [0.3, 0.4) is 0 Å². The van der Waals surface area contributed by atoms with Gasteiger partial charge in [-0.3, -0.25) is 0 Å². The van der Waals surface area contributed by atoms with Gasteiger partial charge in [-0.2, -0.15) is 0 Å². The molecule has 0 aromatic carbocycles. The largest absolute Gasteiger partial charge is 0.330 e. The van der Waals surface area contributed by atoms with E-state index < -0.39 is 0 Å². The third-order valence-electron chi connectivity index (χ3n) is 1.92. The van der Waals surface area contributed by atoms with E-state index in [1.165, 1.54) is 4.88 Å². The highest BCUT2D eigenvalue weighted by molar-refractivity contribution is 7.15. The zero-order valence-corrected chi connectivity index (χ0v) is 9.49. The Morgan fingerprint density at radius 2 is 2.36 bits per heavy atom. The summed E-state index contributed by atoms with van der Waals surface area (Å²) < 4.78 is 0. The SMILES string of the molecule is Cc1nc(-c2cscn2)sc1CCN. The maximum Gasteiger partial charge on any atom is 0.143 e. The van der Waals surface area contributed by atoms with Crippen molar-refractivity contribution in [1.29, 1.82) is 0 Å². The number of nitrogens with two attached hydrogens (primary N) is 1. The summed E-state index contributed by atoms with van der Waals surface area (Å²) in [5, 5.41) is 3.03. The van der Waals surface area contributed by atoms with Crippen molar-refractivity contribution in [1.82, 2.24) is 9.97 Å². The van der Waals surface area contributed by atoms with Crippen LogP contribution < -0.4 is 5.73 Å². The van der Waals surface area contributed by atoms with E-state index in [1.54, 1.807) is 22.7 Å². The number of aryl methyl sites for hydroxylation is 1. The van der Waals surface area contributed by atoms with Gasteiger partial charge in [0.1, 0.15) is 10.7 Å². The summed E-state index contributed by atoms with van der Waals surface area (Å²) in [5.74, 6) is 0. The van der Waals surface area contributed by atoms with Crippen LogP contribution in [0.2, 0.25) is 0 Å². The summed E-state index contributed by atoms with van der Waals surface area (Å²) in [6.07, 6.45) is 0.910. The smallest absolute Gasteiger partial charge is 0.143 e. The van der Waals surface area contributed by atoms with E-state index in [-0.39, 0.29) is 0 Å². The molecule has 0 aliphatic heterocycles. The fourth-order valence-electron chi connectivity index (χ4n) is 1.22. The first-order valence-corrected chi connectivity index (χ1v) is 6.12. The number of rotatable bonds is 3. The van der Waals surface area contributed by atoms with Gasteiger partial charge < -0.3 is 5.73 Å². The van der Waals surface area contributed by atoms with E-state index in [9.17, 15) is 0 Å². The Balaban J connectivity index is 2.33. The molecule has 2 heterocycles. The Kier molecular flexibility index (Phi) is 2.90. The van der Waals surface area contributed by atoms with Gasteiger partial charge in [0, 0.05) is 10.3 Å². The minimum atomic E-state index is 0.680. The topological polar surface area (TPSA) is 51.8 Å². The maximum atomic E-state index is 5.52. The molecular weight excluding hydrogens is 214 g/mol. The van der Waals surface area contributed by atoms with Crippen molar-refractivity contribution in [2.75, 3.05) is 6.54 Å². The zero-order chi connectivity index (χ0) is 9.97. The molecule has 2 aromatic rings. The van der Waals surface area contributed by atoms with Crippen LogP contribution in [-0.2, 0) is 6.42 Å². The molecule has 0 spiro atoms. The molecule has 14 heavy (non-hydrogen) atoms. The molecule has 2 rings (SSSR count). The Morgan fingerprint density at radius 1 is 1.50 bits per heavy atom. The quantitative estimate of drug-likeness (QED) is 0.870. The molecule has 74 valence electrons. The van der Waals surface area contributed by atoms with Crippen molar-refractivity contribution in [3.8, 4) is 10.7 Å². The van der Waals surface area contributed by atoms with Crippen molar-refractivity contribution in [3.05, 3.63) is 21.5 Å². The zero-order valence-electron chi connectivity index (χ0n) is 7.86. The third kappa shape index (κ3) is 1.84. The van der Waals surface area contributed by atoms with Gasteiger partial charge in [-0.15, -0.1) is 22.7 Å². The molecular formula is C9H11N3S2. The first kappa shape index (κ1) is 9.76. The Labute approximate surface area is 90.6 Å². The van der Waals surface area contributed by atoms with E-state index in [1.807, 2.05) is 17.8 Å². The van der Waals surface area contributed by atoms with Crippen molar-refractivity contribution >= 4 is 22.7 Å². The fraction of sp³-hybridized carbons (Fsp3) is 0.333. The van der Waals surface area contributed by atoms with Gasteiger partial charge in [0.2, 0.25) is 0 Å². The monoisotopic (exact) mass is 225 g/mol. The average molecular weight is 225 g/mol. The molecule has 0 atom stereocenters. The van der Waals surface area contributed by atoms with Gasteiger partial charge in [0.05, 0.1) is 11.2 Å². The van der Waals surface area contributed by atoms with E-state index in [2.05, 4.69) is 9.97 Å². The van der Waals surface area contributed by atoms with Crippen molar-refractivity contribution in [2.45, 2.75) is 13.3 Å². The van der Waals surface area contributed by atoms with Gasteiger partial charge >= 0.3 is 0 Å². The predicted molar refractivity (Wildman–Crippen MR) is 60.7 cm³/mol. The highest BCUT2D eigenvalue weighted by Gasteiger charge is 2.09. The second-order valence-electron chi connectivity index (χ2n) is 2.94. The second-order valence-corrected chi connectivity index (χ2v) is 4.74. The number of aromatic nitrogens is 2. The average Bonchev–Trinajstić information content (AvgIpc) is 2.76. The molecule has 0 amide bonds. The Hall–Kier alpha value is -0.780. The third-order valence-corrected chi connectivity index (χ3v) is 3.74. The van der Waals surface area contributed by atoms with E-state index in [4.69, 9.17) is 5.73 Å². The Bertz CT molecular complexity index is 406. The van der Waals surface area contributed by atoms with E-state index in [0.29, 0.717) is 6.54 Å². The lowest BCUT2D eigenvalue weighted by Gasteiger charge is -1.90. The molecule has 5 heteroatoms. The van der Waals surface area contributed by atoms with E-state index >= 15 is 0 Å². The summed E-state index contributed by atoms with van der Waals surface area (Å²) in [4.78, 5) is 9.99. The van der Waals surface area contributed by atoms with Crippen LogP contribution in [-0.4, -0.2) is 16.5 Å². The van der Waals surface area contributed by atoms with Gasteiger partial charge in [-0.1, -0.05) is 0 Å². The lowest BCUT2D eigenvalue weighted by Crippen LogP contribution is -2.01. The number of hydrogen-bond acceptors (Lipinski definition) is 5. The highest BCUT2D eigenvalue weighted by Crippen LogP contribution is 2.27. The second kappa shape index (κ2) is 4.16. The molecule has 2 N–H and O–H groups in total. The minimum Gasteiger partial charge on any atom is -0.330 e. The van der Waals surface area contributed by atoms with Gasteiger partial charge in [-0.25, -0.2) is 9.97 Å². The lowest BCUT2D eigenvalue weighted by molar-refractivity contribution is 0.970. The number of hydrogen-bond donors (Lipinski definition) is 1. The van der Waals surface area contributed by atoms with Crippen LogP contribution >= 0.6 is 22.7 Å². The summed E-state index contributed by atoms with van der Waals surface area (Å²) in [5.41, 5.74) is 9.42. The van der Waals surface area contributed by atoms with Crippen LogP contribution in [0.4, 0.5) is 0 Å². The molecule has 0 aliphatic rings.